The molecule has 0 bridgehead atoms. The summed E-state index contributed by atoms with van der Waals surface area (Å²) < 4.78 is 26.1. The lowest BCUT2D eigenvalue weighted by atomic mass is 10.2. The molecule has 1 unspecified atom stereocenters. The molecule has 8 nitrogen and oxygen atoms in total. The van der Waals surface area contributed by atoms with Crippen LogP contribution in [0.5, 0.6) is 0 Å². The zero-order valence-corrected chi connectivity index (χ0v) is 15.8. The van der Waals surface area contributed by atoms with Crippen molar-refractivity contribution < 1.29 is 18.0 Å². The maximum absolute atomic E-state index is 11.9. The van der Waals surface area contributed by atoms with Crippen molar-refractivity contribution in [1.29, 1.82) is 0 Å². The van der Waals surface area contributed by atoms with Crippen LogP contribution in [0.4, 0.5) is 10.5 Å². The number of anilines is 1. The lowest BCUT2D eigenvalue weighted by Gasteiger charge is -2.14. The molecule has 0 aliphatic rings. The number of nitrogens with one attached hydrogen (secondary N) is 4. The molecule has 1 aromatic rings. The van der Waals surface area contributed by atoms with E-state index in [-0.39, 0.29) is 29.8 Å². The molecule has 1 aromatic carbocycles. The molecular formula is C16H26N4O4S. The first-order chi connectivity index (χ1) is 11.7. The number of carbonyl (C=O) groups excluding carboxylic acids is 2. The summed E-state index contributed by atoms with van der Waals surface area (Å²) in [6.45, 7) is 5.68. The van der Waals surface area contributed by atoms with Crippen molar-refractivity contribution in [3.63, 3.8) is 0 Å². The number of amides is 3. The molecule has 0 saturated carbocycles. The second-order valence-electron chi connectivity index (χ2n) is 5.64. The third-order valence-corrected chi connectivity index (χ3v) is 5.31. The molecule has 140 valence electrons. The van der Waals surface area contributed by atoms with Crippen molar-refractivity contribution in [2.75, 3.05) is 18.9 Å². The molecular weight excluding hydrogens is 344 g/mol. The first-order valence-electron chi connectivity index (χ1n) is 8.08. The highest BCUT2D eigenvalue weighted by Gasteiger charge is 2.17. The van der Waals surface area contributed by atoms with Crippen LogP contribution in [0.1, 0.15) is 32.3 Å². The summed E-state index contributed by atoms with van der Waals surface area (Å²) in [5, 5.41) is 7.98. The van der Waals surface area contributed by atoms with Gasteiger partial charge in [0.2, 0.25) is 15.9 Å². The van der Waals surface area contributed by atoms with Gasteiger partial charge in [-0.3, -0.25) is 4.79 Å². The third kappa shape index (κ3) is 6.35. The molecule has 0 fully saturated rings. The van der Waals surface area contributed by atoms with Gasteiger partial charge in [0, 0.05) is 24.7 Å². The SMILES string of the molecule is CCC(C)NC(=O)CCNC(=O)Nc1cccc(S(=O)(=O)NC)c1C. The summed E-state index contributed by atoms with van der Waals surface area (Å²) in [7, 11) is -2.28. The van der Waals surface area contributed by atoms with Crippen LogP contribution in [0.2, 0.25) is 0 Å². The van der Waals surface area contributed by atoms with Gasteiger partial charge in [-0.05, 0) is 45.0 Å². The predicted octanol–water partition coefficient (Wildman–Crippen LogP) is 1.33. The Balaban J connectivity index is 2.61. The zero-order valence-electron chi connectivity index (χ0n) is 15.0. The van der Waals surface area contributed by atoms with Crippen LogP contribution < -0.4 is 20.7 Å². The monoisotopic (exact) mass is 370 g/mol. The molecule has 9 heteroatoms. The number of rotatable bonds is 8. The summed E-state index contributed by atoms with van der Waals surface area (Å²) in [6, 6.07) is 4.22. The number of benzene rings is 1. The van der Waals surface area contributed by atoms with Crippen LogP contribution in [-0.4, -0.2) is 40.0 Å². The van der Waals surface area contributed by atoms with Gasteiger partial charge in [0.15, 0.2) is 0 Å². The van der Waals surface area contributed by atoms with E-state index in [1.54, 1.807) is 19.1 Å². The Labute approximate surface area is 148 Å². The summed E-state index contributed by atoms with van der Waals surface area (Å²) >= 11 is 0. The van der Waals surface area contributed by atoms with E-state index in [9.17, 15) is 18.0 Å². The van der Waals surface area contributed by atoms with Crippen molar-refractivity contribution in [3.05, 3.63) is 23.8 Å². The van der Waals surface area contributed by atoms with Crippen molar-refractivity contribution in [1.82, 2.24) is 15.4 Å². The van der Waals surface area contributed by atoms with Crippen LogP contribution in [0.15, 0.2) is 23.1 Å². The molecule has 1 atom stereocenters. The molecule has 0 saturated heterocycles. The Morgan fingerprint density at radius 1 is 1.24 bits per heavy atom. The summed E-state index contributed by atoms with van der Waals surface area (Å²) in [5.41, 5.74) is 0.819. The van der Waals surface area contributed by atoms with Crippen LogP contribution in [0.25, 0.3) is 0 Å². The molecule has 0 aliphatic heterocycles. The van der Waals surface area contributed by atoms with Crippen LogP contribution in [0.3, 0.4) is 0 Å². The van der Waals surface area contributed by atoms with E-state index in [1.807, 2.05) is 13.8 Å². The normalized spacial score (nSPS) is 12.3. The van der Waals surface area contributed by atoms with Crippen LogP contribution in [-0.2, 0) is 14.8 Å². The molecule has 0 heterocycles. The second kappa shape index (κ2) is 9.38. The maximum Gasteiger partial charge on any atom is 0.319 e. The fourth-order valence-corrected chi connectivity index (χ4v) is 3.05. The van der Waals surface area contributed by atoms with E-state index in [0.29, 0.717) is 11.3 Å². The molecule has 0 aromatic heterocycles. The van der Waals surface area contributed by atoms with Gasteiger partial charge >= 0.3 is 6.03 Å². The fraction of sp³-hybridized carbons (Fsp3) is 0.500. The van der Waals surface area contributed by atoms with E-state index in [1.165, 1.54) is 13.1 Å². The smallest absolute Gasteiger partial charge is 0.319 e. The van der Waals surface area contributed by atoms with E-state index in [0.717, 1.165) is 6.42 Å². The summed E-state index contributed by atoms with van der Waals surface area (Å²) in [4.78, 5) is 23.7. The first-order valence-corrected chi connectivity index (χ1v) is 9.57. The van der Waals surface area contributed by atoms with Gasteiger partial charge in [-0.15, -0.1) is 0 Å². The highest BCUT2D eigenvalue weighted by Crippen LogP contribution is 2.22. The Kier molecular flexibility index (Phi) is 7.85. The minimum absolute atomic E-state index is 0.0979. The minimum Gasteiger partial charge on any atom is -0.354 e. The zero-order chi connectivity index (χ0) is 19.0. The Hall–Kier alpha value is -2.13. The van der Waals surface area contributed by atoms with Crippen molar-refractivity contribution in [2.45, 2.75) is 44.6 Å². The van der Waals surface area contributed by atoms with Crippen molar-refractivity contribution in [3.8, 4) is 0 Å². The Morgan fingerprint density at radius 3 is 2.52 bits per heavy atom. The van der Waals surface area contributed by atoms with Gasteiger partial charge < -0.3 is 16.0 Å². The van der Waals surface area contributed by atoms with E-state index >= 15 is 0 Å². The molecule has 1 rings (SSSR count). The Morgan fingerprint density at radius 2 is 1.92 bits per heavy atom. The topological polar surface area (TPSA) is 116 Å². The van der Waals surface area contributed by atoms with E-state index in [4.69, 9.17) is 0 Å². The standard InChI is InChI=1S/C16H26N4O4S/c1-5-11(2)19-15(21)9-10-18-16(22)20-13-7-6-8-14(12(13)3)25(23,24)17-4/h6-8,11,17H,5,9-10H2,1-4H3,(H,19,21)(H2,18,20,22). The number of urea groups is 1. The lowest BCUT2D eigenvalue weighted by Crippen LogP contribution is -2.36. The average Bonchev–Trinajstić information content (AvgIpc) is 2.56. The minimum atomic E-state index is -3.60. The van der Waals surface area contributed by atoms with Crippen molar-refractivity contribution >= 4 is 27.6 Å². The number of hydrogen-bond acceptors (Lipinski definition) is 4. The highest BCUT2D eigenvalue weighted by atomic mass is 32.2. The van der Waals surface area contributed by atoms with Gasteiger partial charge in [-0.25, -0.2) is 17.9 Å². The number of carbonyl (C=O) groups is 2. The van der Waals surface area contributed by atoms with Gasteiger partial charge in [0.05, 0.1) is 4.90 Å². The van der Waals surface area contributed by atoms with E-state index in [2.05, 4.69) is 20.7 Å². The quantitative estimate of drug-likeness (QED) is 0.552. The van der Waals surface area contributed by atoms with Crippen molar-refractivity contribution in [2.24, 2.45) is 0 Å². The van der Waals surface area contributed by atoms with E-state index < -0.39 is 16.1 Å². The predicted molar refractivity (Wildman–Crippen MR) is 97.0 cm³/mol. The molecule has 0 aliphatic carbocycles. The number of hydrogen-bond donors (Lipinski definition) is 4. The Bertz CT molecular complexity index is 719. The molecule has 4 N–H and O–H groups in total. The fourth-order valence-electron chi connectivity index (χ4n) is 2.06. The average molecular weight is 370 g/mol. The molecule has 0 radical (unpaired) electrons. The molecule has 25 heavy (non-hydrogen) atoms. The van der Waals surface area contributed by atoms with Crippen LogP contribution >= 0.6 is 0 Å². The molecule has 3 amide bonds. The maximum atomic E-state index is 11.9. The highest BCUT2D eigenvalue weighted by molar-refractivity contribution is 7.89. The summed E-state index contributed by atoms with van der Waals surface area (Å²) in [6.07, 6.45) is 1.01. The summed E-state index contributed by atoms with van der Waals surface area (Å²) in [5.74, 6) is -0.132. The van der Waals surface area contributed by atoms with Gasteiger partial charge in [0.1, 0.15) is 0 Å². The third-order valence-electron chi connectivity index (χ3n) is 3.75. The number of sulfonamides is 1. The first kappa shape index (κ1) is 20.9. The lowest BCUT2D eigenvalue weighted by molar-refractivity contribution is -0.121. The van der Waals surface area contributed by atoms with Gasteiger partial charge in [0.25, 0.3) is 0 Å². The largest absolute Gasteiger partial charge is 0.354 e. The van der Waals surface area contributed by atoms with Gasteiger partial charge in [-0.2, -0.15) is 0 Å². The van der Waals surface area contributed by atoms with Gasteiger partial charge in [-0.1, -0.05) is 13.0 Å². The molecule has 0 spiro atoms. The second-order valence-corrected chi connectivity index (χ2v) is 7.50. The van der Waals surface area contributed by atoms with Crippen LogP contribution in [0, 0.1) is 6.92 Å².